The van der Waals surface area contributed by atoms with Crippen LogP contribution in [0.4, 0.5) is 0 Å². The maximum absolute atomic E-state index is 12.5. The molecule has 0 bridgehead atoms. The molecule has 0 atom stereocenters. The number of amidine groups is 2. The molecule has 1 aromatic carbocycles. The number of rotatable bonds is 7. The third-order valence-corrected chi connectivity index (χ3v) is 6.33. The molecule has 11 nitrogen and oxygen atoms in total. The van der Waals surface area contributed by atoms with Crippen LogP contribution < -0.4 is 15.0 Å². The van der Waals surface area contributed by atoms with Crippen LogP contribution in [0.15, 0.2) is 51.5 Å². The predicted molar refractivity (Wildman–Crippen MR) is 133 cm³/mol. The summed E-state index contributed by atoms with van der Waals surface area (Å²) in [6, 6.07) is 6.55. The number of carbonyl (C=O) groups is 1. The van der Waals surface area contributed by atoms with Crippen LogP contribution in [-0.4, -0.2) is 43.8 Å². The number of aromatic nitrogens is 3. The van der Waals surface area contributed by atoms with Crippen molar-refractivity contribution in [2.45, 2.75) is 33.8 Å². The lowest BCUT2D eigenvalue weighted by Crippen LogP contribution is -2.38. The summed E-state index contributed by atoms with van der Waals surface area (Å²) in [5.41, 5.74) is 0.923. The summed E-state index contributed by atoms with van der Waals surface area (Å²) in [5.74, 6) is 1.11. The number of aliphatic imine (C=N–C) groups is 1. The zero-order chi connectivity index (χ0) is 25.4. The number of nitrogens with one attached hydrogen (secondary N) is 1. The number of aryl methyl sites for hydroxylation is 1. The van der Waals surface area contributed by atoms with Gasteiger partial charge in [-0.3, -0.25) is 15.0 Å². The van der Waals surface area contributed by atoms with E-state index in [0.717, 1.165) is 11.4 Å². The van der Waals surface area contributed by atoms with Crippen LogP contribution in [-0.2, 0) is 22.7 Å². The van der Waals surface area contributed by atoms with Crippen molar-refractivity contribution < 1.29 is 19.1 Å². The van der Waals surface area contributed by atoms with E-state index in [-0.39, 0.29) is 29.4 Å². The normalized spacial score (nSPS) is 16.2. The Bertz CT molecular complexity index is 1550. The molecule has 4 heterocycles. The molecule has 2 aliphatic rings. The van der Waals surface area contributed by atoms with E-state index in [4.69, 9.17) is 19.7 Å². The third kappa shape index (κ3) is 4.38. The zero-order valence-corrected chi connectivity index (χ0v) is 20.6. The maximum atomic E-state index is 12.5. The van der Waals surface area contributed by atoms with Crippen molar-refractivity contribution in [3.05, 3.63) is 68.3 Å². The topological polar surface area (TPSA) is 131 Å². The first kappa shape index (κ1) is 23.4. The average molecular weight is 507 g/mol. The molecule has 0 saturated carbocycles. The molecule has 0 saturated heterocycles. The van der Waals surface area contributed by atoms with Gasteiger partial charge in [0.2, 0.25) is 4.96 Å². The first-order valence-electron chi connectivity index (χ1n) is 11.2. The fourth-order valence-corrected chi connectivity index (χ4v) is 4.49. The summed E-state index contributed by atoms with van der Waals surface area (Å²) >= 11 is 1.37. The Hall–Kier alpha value is -4.32. The van der Waals surface area contributed by atoms with Crippen molar-refractivity contribution in [1.29, 1.82) is 5.41 Å². The molecule has 184 valence electrons. The van der Waals surface area contributed by atoms with Gasteiger partial charge < -0.3 is 14.3 Å². The smallest absolute Gasteiger partial charge is 0.282 e. The van der Waals surface area contributed by atoms with E-state index in [2.05, 4.69) is 15.1 Å². The minimum atomic E-state index is -0.527. The molecule has 0 spiro atoms. The fourth-order valence-electron chi connectivity index (χ4n) is 3.63. The molecule has 0 radical (unpaired) electrons. The van der Waals surface area contributed by atoms with Gasteiger partial charge in [0.1, 0.15) is 17.4 Å². The third-order valence-electron chi connectivity index (χ3n) is 5.28. The van der Waals surface area contributed by atoms with Crippen molar-refractivity contribution >= 4 is 40.0 Å². The van der Waals surface area contributed by atoms with E-state index in [9.17, 15) is 9.59 Å². The highest BCUT2D eigenvalue weighted by atomic mass is 32.1. The summed E-state index contributed by atoms with van der Waals surface area (Å²) < 4.78 is 13.0. The van der Waals surface area contributed by atoms with Crippen LogP contribution in [0, 0.1) is 5.41 Å². The van der Waals surface area contributed by atoms with Crippen LogP contribution in [0.3, 0.4) is 0 Å². The molecule has 36 heavy (non-hydrogen) atoms. The first-order valence-corrected chi connectivity index (χ1v) is 12.1. The Balaban J connectivity index is 1.38. The van der Waals surface area contributed by atoms with Gasteiger partial charge in [-0.05, 0) is 44.0 Å². The Morgan fingerprint density at radius 1 is 1.17 bits per heavy atom. The average Bonchev–Trinajstić information content (AvgIpc) is 3.44. The predicted octanol–water partition coefficient (Wildman–Crippen LogP) is 3.14. The highest BCUT2D eigenvalue weighted by molar-refractivity contribution is 7.16. The minimum absolute atomic E-state index is 0.0604. The quantitative estimate of drug-likeness (QED) is 0.484. The number of hydroxylamine groups is 2. The molecule has 0 fully saturated rings. The zero-order valence-electron chi connectivity index (χ0n) is 19.8. The largest absolute Gasteiger partial charge is 0.490 e. The highest BCUT2D eigenvalue weighted by Crippen LogP contribution is 2.31. The highest BCUT2D eigenvalue weighted by Gasteiger charge is 2.34. The number of carbonyl (C=O) groups excluding carboxylic acids is 1. The van der Waals surface area contributed by atoms with Gasteiger partial charge in [0.05, 0.1) is 17.9 Å². The summed E-state index contributed by atoms with van der Waals surface area (Å²) in [7, 11) is 0. The second-order valence-corrected chi connectivity index (χ2v) is 8.92. The summed E-state index contributed by atoms with van der Waals surface area (Å²) in [5, 5.41) is 14.7. The van der Waals surface area contributed by atoms with Crippen LogP contribution in [0.2, 0.25) is 0 Å². The molecular formula is C24H22N6O5S. The van der Waals surface area contributed by atoms with Gasteiger partial charge in [0.25, 0.3) is 11.5 Å². The lowest BCUT2D eigenvalue weighted by atomic mass is 10.1. The molecule has 2 aromatic heterocycles. The number of fused-ring (bicyclic) bond motifs is 2. The number of ether oxygens (including phenoxy) is 2. The summed E-state index contributed by atoms with van der Waals surface area (Å²) in [6.45, 7) is 5.98. The number of hydrogen-bond donors (Lipinski definition) is 1. The number of nitrogens with zero attached hydrogens (tertiary/aromatic N) is 5. The summed E-state index contributed by atoms with van der Waals surface area (Å²) in [4.78, 5) is 39.4. The van der Waals surface area contributed by atoms with Crippen LogP contribution in [0.5, 0.6) is 11.5 Å². The molecule has 12 heteroatoms. The first-order chi connectivity index (χ1) is 17.4. The SMILES string of the molecule is CCOc1cc(/C=C2\C(=N)N3OC(C)=CC3=NC2=O)ccc1OCc1cc(=O)n2nc(CC)sc2n1. The Morgan fingerprint density at radius 3 is 2.78 bits per heavy atom. The molecule has 0 aliphatic carbocycles. The van der Waals surface area contributed by atoms with Crippen molar-refractivity contribution in [2.75, 3.05) is 6.61 Å². The van der Waals surface area contributed by atoms with E-state index < -0.39 is 5.91 Å². The van der Waals surface area contributed by atoms with Gasteiger partial charge in [0, 0.05) is 12.1 Å². The molecule has 5 rings (SSSR count). The standard InChI is InChI=1S/C24H22N6O5S/c1-4-20-28-29-21(31)11-15(26-24(29)36-20)12-34-17-7-6-14(10-18(17)33-5-2)9-16-22(25)30-19(27-23(16)32)8-13(3)35-30/h6-11,25H,4-5,12H2,1-3H3/b16-9+,25-22?. The summed E-state index contributed by atoms with van der Waals surface area (Å²) in [6.07, 6.45) is 3.88. The van der Waals surface area contributed by atoms with Crippen molar-refractivity contribution in [3.8, 4) is 11.5 Å². The number of benzene rings is 1. The molecule has 2 aliphatic heterocycles. The molecular weight excluding hydrogens is 484 g/mol. The number of amides is 1. The van der Waals surface area contributed by atoms with Crippen molar-refractivity contribution in [2.24, 2.45) is 4.99 Å². The van der Waals surface area contributed by atoms with Gasteiger partial charge in [-0.1, -0.05) is 24.3 Å². The van der Waals surface area contributed by atoms with E-state index in [1.54, 1.807) is 37.3 Å². The van der Waals surface area contributed by atoms with Gasteiger partial charge in [-0.25, -0.2) is 4.98 Å². The van der Waals surface area contributed by atoms with Gasteiger partial charge >= 0.3 is 0 Å². The number of allylic oxidation sites excluding steroid dienone is 1. The van der Waals surface area contributed by atoms with Gasteiger partial charge in [-0.2, -0.15) is 14.6 Å². The van der Waals surface area contributed by atoms with Crippen LogP contribution in [0.1, 0.15) is 37.0 Å². The van der Waals surface area contributed by atoms with Crippen molar-refractivity contribution in [1.82, 2.24) is 19.7 Å². The molecule has 0 unspecified atom stereocenters. The van der Waals surface area contributed by atoms with E-state index in [1.165, 1.54) is 27.0 Å². The molecule has 3 aromatic rings. The minimum Gasteiger partial charge on any atom is -0.490 e. The Kier molecular flexibility index (Phi) is 6.10. The van der Waals surface area contributed by atoms with Crippen LogP contribution in [0.25, 0.3) is 11.0 Å². The lowest BCUT2D eigenvalue weighted by molar-refractivity contribution is -0.114. The van der Waals surface area contributed by atoms with E-state index in [0.29, 0.717) is 40.1 Å². The second kappa shape index (κ2) is 9.38. The van der Waals surface area contributed by atoms with Crippen LogP contribution >= 0.6 is 11.3 Å². The Labute approximate surface area is 209 Å². The lowest BCUT2D eigenvalue weighted by Gasteiger charge is -2.23. The fraction of sp³-hybridized carbons (Fsp3) is 0.250. The van der Waals surface area contributed by atoms with Crippen molar-refractivity contribution in [3.63, 3.8) is 0 Å². The van der Waals surface area contributed by atoms with Gasteiger partial charge in [-0.15, -0.1) is 5.06 Å². The molecule has 1 N–H and O–H groups in total. The van der Waals surface area contributed by atoms with Gasteiger partial charge in [0.15, 0.2) is 23.2 Å². The molecule has 1 amide bonds. The maximum Gasteiger partial charge on any atom is 0.282 e. The number of hydrogen-bond acceptors (Lipinski definition) is 9. The Morgan fingerprint density at radius 2 is 2.00 bits per heavy atom. The van der Waals surface area contributed by atoms with E-state index in [1.807, 2.05) is 13.8 Å². The monoisotopic (exact) mass is 506 g/mol. The van der Waals surface area contributed by atoms with E-state index >= 15 is 0 Å². The second-order valence-electron chi connectivity index (χ2n) is 7.88.